The second-order valence-electron chi connectivity index (χ2n) is 8.18. The molecular formula is C20H31N3O3S. The molecule has 2 atom stereocenters. The molecular weight excluding hydrogens is 362 g/mol. The second-order valence-corrected chi connectivity index (χ2v) is 10.1. The van der Waals surface area contributed by atoms with E-state index in [0.29, 0.717) is 18.0 Å². The Balaban J connectivity index is 1.87. The number of sulfonamides is 1. The van der Waals surface area contributed by atoms with Crippen molar-refractivity contribution in [2.24, 2.45) is 5.92 Å². The molecule has 0 unspecified atom stereocenters. The molecule has 6 nitrogen and oxygen atoms in total. The highest BCUT2D eigenvalue weighted by atomic mass is 32.2. The molecule has 2 aliphatic heterocycles. The van der Waals surface area contributed by atoms with Gasteiger partial charge in [-0.2, -0.15) is 4.31 Å². The molecule has 2 heterocycles. The number of carbonyl (C=O) groups is 1. The minimum atomic E-state index is -3.65. The third-order valence-electron chi connectivity index (χ3n) is 5.57. The molecule has 27 heavy (non-hydrogen) atoms. The maximum Gasteiger partial charge on any atom is 0.244 e. The number of amides is 1. The normalized spacial score (nSPS) is 24.9. The lowest BCUT2D eigenvalue weighted by Crippen LogP contribution is -2.51. The van der Waals surface area contributed by atoms with Crippen molar-refractivity contribution in [2.45, 2.75) is 57.6 Å². The molecule has 0 aliphatic carbocycles. The van der Waals surface area contributed by atoms with Crippen LogP contribution in [0.15, 0.2) is 29.2 Å². The van der Waals surface area contributed by atoms with E-state index in [1.165, 1.54) is 4.31 Å². The zero-order valence-corrected chi connectivity index (χ0v) is 17.6. The molecule has 0 spiro atoms. The molecule has 150 valence electrons. The van der Waals surface area contributed by atoms with E-state index in [4.69, 9.17) is 0 Å². The van der Waals surface area contributed by atoms with Gasteiger partial charge in [-0.15, -0.1) is 0 Å². The zero-order chi connectivity index (χ0) is 19.8. The van der Waals surface area contributed by atoms with Crippen molar-refractivity contribution < 1.29 is 13.2 Å². The van der Waals surface area contributed by atoms with Crippen LogP contribution in [0.25, 0.3) is 0 Å². The van der Waals surface area contributed by atoms with Crippen molar-refractivity contribution in [2.75, 3.05) is 26.2 Å². The van der Waals surface area contributed by atoms with Crippen molar-refractivity contribution in [3.63, 3.8) is 0 Å². The van der Waals surface area contributed by atoms with Gasteiger partial charge in [0.05, 0.1) is 11.4 Å². The lowest BCUT2D eigenvalue weighted by atomic mass is 10.1. The van der Waals surface area contributed by atoms with Crippen LogP contribution in [-0.2, 0) is 14.8 Å². The summed E-state index contributed by atoms with van der Waals surface area (Å²) >= 11 is 0. The molecule has 0 N–H and O–H groups in total. The van der Waals surface area contributed by atoms with Crippen LogP contribution >= 0.6 is 0 Å². The van der Waals surface area contributed by atoms with E-state index >= 15 is 0 Å². The lowest BCUT2D eigenvalue weighted by molar-refractivity contribution is -0.136. The Bertz CT molecular complexity index is 770. The average Bonchev–Trinajstić information content (AvgIpc) is 3.22. The fourth-order valence-electron chi connectivity index (χ4n) is 4.20. The van der Waals surface area contributed by atoms with Crippen LogP contribution in [0.1, 0.15) is 39.2 Å². The summed E-state index contributed by atoms with van der Waals surface area (Å²) in [7, 11) is -3.65. The van der Waals surface area contributed by atoms with E-state index in [1.54, 1.807) is 17.0 Å². The van der Waals surface area contributed by atoms with Crippen LogP contribution in [0.3, 0.4) is 0 Å². The first-order valence-electron chi connectivity index (χ1n) is 9.84. The van der Waals surface area contributed by atoms with Gasteiger partial charge in [-0.25, -0.2) is 8.42 Å². The SMILES string of the molecule is Cc1ccc(S(=O)(=O)N2C[C@@H](C)N(C(=O)CN3CCCC3)[C@H]2C(C)C)cc1. The fourth-order valence-corrected chi connectivity index (χ4v) is 5.99. The molecule has 0 bridgehead atoms. The predicted molar refractivity (Wildman–Crippen MR) is 106 cm³/mol. The fraction of sp³-hybridized carbons (Fsp3) is 0.650. The Morgan fingerprint density at radius 3 is 2.30 bits per heavy atom. The quantitative estimate of drug-likeness (QED) is 0.770. The van der Waals surface area contributed by atoms with Crippen LogP contribution in [0, 0.1) is 12.8 Å². The van der Waals surface area contributed by atoms with E-state index in [2.05, 4.69) is 4.90 Å². The van der Waals surface area contributed by atoms with Gasteiger partial charge in [0, 0.05) is 12.6 Å². The molecule has 2 aliphatic rings. The first kappa shape index (κ1) is 20.3. The average molecular weight is 394 g/mol. The first-order chi connectivity index (χ1) is 12.7. The molecule has 7 heteroatoms. The number of rotatable bonds is 5. The maximum absolute atomic E-state index is 13.3. The van der Waals surface area contributed by atoms with E-state index in [0.717, 1.165) is 31.5 Å². The Morgan fingerprint density at radius 1 is 1.15 bits per heavy atom. The molecule has 3 rings (SSSR count). The summed E-state index contributed by atoms with van der Waals surface area (Å²) in [5, 5.41) is 0. The zero-order valence-electron chi connectivity index (χ0n) is 16.8. The second kappa shape index (κ2) is 7.89. The summed E-state index contributed by atoms with van der Waals surface area (Å²) in [4.78, 5) is 17.3. The monoisotopic (exact) mass is 393 g/mol. The van der Waals surface area contributed by atoms with Crippen molar-refractivity contribution >= 4 is 15.9 Å². The molecule has 0 saturated carbocycles. The Hall–Kier alpha value is -1.44. The van der Waals surface area contributed by atoms with E-state index in [9.17, 15) is 13.2 Å². The van der Waals surface area contributed by atoms with Crippen LogP contribution in [-0.4, -0.2) is 66.8 Å². The molecule has 2 fully saturated rings. The van der Waals surface area contributed by atoms with Crippen molar-refractivity contribution in [1.82, 2.24) is 14.1 Å². The molecule has 1 aromatic rings. The molecule has 1 aromatic carbocycles. The number of aryl methyl sites for hydroxylation is 1. The van der Waals surface area contributed by atoms with Crippen molar-refractivity contribution in [1.29, 1.82) is 0 Å². The molecule has 1 amide bonds. The van der Waals surface area contributed by atoms with Gasteiger partial charge in [-0.3, -0.25) is 9.69 Å². The number of nitrogens with zero attached hydrogens (tertiary/aromatic N) is 3. The molecule has 0 radical (unpaired) electrons. The summed E-state index contributed by atoms with van der Waals surface area (Å²) in [6, 6.07) is 6.80. The number of likely N-dealkylation sites (tertiary alicyclic amines) is 1. The largest absolute Gasteiger partial charge is 0.321 e. The van der Waals surface area contributed by atoms with E-state index in [1.807, 2.05) is 39.8 Å². The van der Waals surface area contributed by atoms with Gasteiger partial charge in [-0.05, 0) is 57.8 Å². The Labute approximate surface area is 163 Å². The van der Waals surface area contributed by atoms with Gasteiger partial charge < -0.3 is 4.90 Å². The first-order valence-corrected chi connectivity index (χ1v) is 11.3. The summed E-state index contributed by atoms with van der Waals surface area (Å²) < 4.78 is 28.1. The van der Waals surface area contributed by atoms with E-state index in [-0.39, 0.29) is 17.9 Å². The van der Waals surface area contributed by atoms with Gasteiger partial charge in [-0.1, -0.05) is 31.5 Å². The van der Waals surface area contributed by atoms with Crippen molar-refractivity contribution in [3.05, 3.63) is 29.8 Å². The number of benzene rings is 1. The minimum absolute atomic E-state index is 0.0118. The van der Waals surface area contributed by atoms with E-state index < -0.39 is 16.2 Å². The number of hydrogen-bond donors (Lipinski definition) is 0. The lowest BCUT2D eigenvalue weighted by Gasteiger charge is -2.34. The van der Waals surface area contributed by atoms with Gasteiger partial charge in [0.1, 0.15) is 6.17 Å². The molecule has 0 aromatic heterocycles. The third-order valence-corrected chi connectivity index (χ3v) is 7.42. The predicted octanol–water partition coefficient (Wildman–Crippen LogP) is 2.29. The van der Waals surface area contributed by atoms with Crippen molar-refractivity contribution in [3.8, 4) is 0 Å². The van der Waals surface area contributed by atoms with Crippen LogP contribution < -0.4 is 0 Å². The number of hydrogen-bond acceptors (Lipinski definition) is 4. The smallest absolute Gasteiger partial charge is 0.244 e. The molecule has 2 saturated heterocycles. The number of carbonyl (C=O) groups excluding carboxylic acids is 1. The highest BCUT2D eigenvalue weighted by Crippen LogP contribution is 2.32. The Kier molecular flexibility index (Phi) is 5.93. The standard InChI is InChI=1S/C20H31N3O3S/c1-15(2)20-22(27(25,26)18-9-7-16(3)8-10-18)13-17(4)23(20)19(24)14-21-11-5-6-12-21/h7-10,15,17,20H,5-6,11-14H2,1-4H3/t17-,20+/m1/s1. The van der Waals surface area contributed by atoms with Gasteiger partial charge in [0.2, 0.25) is 15.9 Å². The third kappa shape index (κ3) is 4.05. The maximum atomic E-state index is 13.3. The van der Waals surface area contributed by atoms with Crippen LogP contribution in [0.4, 0.5) is 0 Å². The topological polar surface area (TPSA) is 60.9 Å². The van der Waals surface area contributed by atoms with Gasteiger partial charge >= 0.3 is 0 Å². The summed E-state index contributed by atoms with van der Waals surface area (Å²) in [5.74, 6) is 0.0439. The van der Waals surface area contributed by atoms with Gasteiger partial charge in [0.15, 0.2) is 0 Å². The Morgan fingerprint density at radius 2 is 1.74 bits per heavy atom. The minimum Gasteiger partial charge on any atom is -0.321 e. The highest BCUT2D eigenvalue weighted by Gasteiger charge is 2.47. The van der Waals surface area contributed by atoms with Crippen LogP contribution in [0.5, 0.6) is 0 Å². The summed E-state index contributed by atoms with van der Waals surface area (Å²) in [6.07, 6.45) is 1.82. The highest BCUT2D eigenvalue weighted by molar-refractivity contribution is 7.89. The van der Waals surface area contributed by atoms with Crippen LogP contribution in [0.2, 0.25) is 0 Å². The van der Waals surface area contributed by atoms with Gasteiger partial charge in [0.25, 0.3) is 0 Å². The summed E-state index contributed by atoms with van der Waals surface area (Å²) in [5.41, 5.74) is 1.02. The summed E-state index contributed by atoms with van der Waals surface area (Å²) in [6.45, 7) is 10.5.